The van der Waals surface area contributed by atoms with E-state index < -0.39 is 0 Å². The zero-order valence-electron chi connectivity index (χ0n) is 12.0. The third-order valence-corrected chi connectivity index (χ3v) is 3.08. The van der Waals surface area contributed by atoms with Gasteiger partial charge in [0.25, 0.3) is 5.56 Å². The van der Waals surface area contributed by atoms with Crippen LogP contribution >= 0.6 is 0 Å². The van der Waals surface area contributed by atoms with Crippen molar-refractivity contribution in [2.45, 2.75) is 0 Å². The Bertz CT molecular complexity index is 922. The molecular formula is C16H13N5O2. The normalized spacial score (nSPS) is 10.1. The second-order valence-electron chi connectivity index (χ2n) is 4.54. The van der Waals surface area contributed by atoms with Crippen molar-refractivity contribution < 1.29 is 5.11 Å². The number of nitrogens with zero attached hydrogens (tertiary/aromatic N) is 4. The number of hydrogen-bond donors (Lipinski definition) is 2. The lowest BCUT2D eigenvalue weighted by Crippen LogP contribution is -2.12. The van der Waals surface area contributed by atoms with Gasteiger partial charge < -0.3 is 5.11 Å². The summed E-state index contributed by atoms with van der Waals surface area (Å²) in [6.07, 6.45) is 7.98. The van der Waals surface area contributed by atoms with E-state index in [2.05, 4.69) is 19.9 Å². The number of nitrogens with one attached hydrogen (secondary N) is 1. The maximum atomic E-state index is 11.9. The summed E-state index contributed by atoms with van der Waals surface area (Å²) < 4.78 is 1.43. The molecule has 3 heterocycles. The lowest BCUT2D eigenvalue weighted by Gasteiger charge is -2.05. The number of aromatic nitrogens is 5. The maximum absolute atomic E-state index is 11.9. The van der Waals surface area contributed by atoms with Crippen LogP contribution in [0.2, 0.25) is 0 Å². The quantitative estimate of drug-likeness (QED) is 0.559. The molecule has 0 amide bonds. The topological polar surface area (TPSA) is 96.2 Å². The standard InChI is InChI=1S/C12H9N3O2.C4H4N2/c16-10-9(8-4-2-1-3-5-8)11(17)15-7-6-13-12(15)14-10;1-2-5-4-6-3-1/h1-7,17H,(H,13,14,16);1-4H. The highest BCUT2D eigenvalue weighted by atomic mass is 16.3. The molecule has 2 N–H and O–H groups in total. The third-order valence-electron chi connectivity index (χ3n) is 3.08. The predicted octanol–water partition coefficient (Wildman–Crippen LogP) is 1.87. The van der Waals surface area contributed by atoms with Gasteiger partial charge in [-0.1, -0.05) is 30.3 Å². The van der Waals surface area contributed by atoms with Crippen molar-refractivity contribution in [1.82, 2.24) is 24.3 Å². The summed E-state index contributed by atoms with van der Waals surface area (Å²) in [6.45, 7) is 0. The molecule has 0 unspecified atom stereocenters. The molecule has 0 spiro atoms. The van der Waals surface area contributed by atoms with E-state index in [0.717, 1.165) is 0 Å². The second kappa shape index (κ2) is 6.52. The van der Waals surface area contributed by atoms with Crippen molar-refractivity contribution in [3.63, 3.8) is 0 Å². The summed E-state index contributed by atoms with van der Waals surface area (Å²) in [5, 5.41) is 10.1. The molecule has 0 saturated carbocycles. The number of H-pyrrole nitrogens is 1. The molecule has 0 radical (unpaired) electrons. The number of aromatic amines is 1. The largest absolute Gasteiger partial charge is 0.494 e. The smallest absolute Gasteiger partial charge is 0.264 e. The third kappa shape index (κ3) is 3.08. The fourth-order valence-corrected chi connectivity index (χ4v) is 2.07. The van der Waals surface area contributed by atoms with Crippen LogP contribution in [-0.2, 0) is 0 Å². The van der Waals surface area contributed by atoms with Gasteiger partial charge in [0.15, 0.2) is 0 Å². The van der Waals surface area contributed by atoms with Crippen LogP contribution < -0.4 is 5.56 Å². The van der Waals surface area contributed by atoms with E-state index in [-0.39, 0.29) is 17.0 Å². The van der Waals surface area contributed by atoms with Crippen LogP contribution in [0.1, 0.15) is 0 Å². The van der Waals surface area contributed by atoms with Gasteiger partial charge in [-0.05, 0) is 11.6 Å². The van der Waals surface area contributed by atoms with Crippen molar-refractivity contribution in [2.24, 2.45) is 0 Å². The minimum atomic E-state index is -0.354. The molecular weight excluding hydrogens is 294 g/mol. The maximum Gasteiger partial charge on any atom is 0.264 e. The van der Waals surface area contributed by atoms with Gasteiger partial charge in [-0.3, -0.25) is 14.2 Å². The molecule has 0 aliphatic rings. The highest BCUT2D eigenvalue weighted by molar-refractivity contribution is 5.68. The van der Waals surface area contributed by atoms with Gasteiger partial charge in [-0.2, -0.15) is 0 Å². The van der Waals surface area contributed by atoms with E-state index in [1.807, 2.05) is 18.2 Å². The Morgan fingerprint density at radius 3 is 2.35 bits per heavy atom. The van der Waals surface area contributed by atoms with Crippen LogP contribution in [0.15, 0.2) is 72.3 Å². The van der Waals surface area contributed by atoms with Gasteiger partial charge in [0.2, 0.25) is 11.7 Å². The highest BCUT2D eigenvalue weighted by Crippen LogP contribution is 2.24. The molecule has 4 aromatic rings. The van der Waals surface area contributed by atoms with Crippen LogP contribution in [0.25, 0.3) is 16.9 Å². The number of imidazole rings is 1. The minimum Gasteiger partial charge on any atom is -0.494 e. The molecule has 0 aliphatic carbocycles. The number of hydrogen-bond acceptors (Lipinski definition) is 5. The van der Waals surface area contributed by atoms with Gasteiger partial charge in [0.05, 0.1) is 0 Å². The molecule has 1 aromatic carbocycles. The lowest BCUT2D eigenvalue weighted by molar-refractivity contribution is 0.446. The van der Waals surface area contributed by atoms with Gasteiger partial charge in [-0.15, -0.1) is 0 Å². The molecule has 7 nitrogen and oxygen atoms in total. The zero-order chi connectivity index (χ0) is 16.1. The first-order valence-corrected chi connectivity index (χ1v) is 6.81. The summed E-state index contributed by atoms with van der Waals surface area (Å²) in [7, 11) is 0. The van der Waals surface area contributed by atoms with E-state index in [1.165, 1.54) is 16.9 Å². The van der Waals surface area contributed by atoms with Crippen molar-refractivity contribution in [1.29, 1.82) is 0 Å². The van der Waals surface area contributed by atoms with Crippen LogP contribution in [0.5, 0.6) is 5.88 Å². The molecule has 0 aliphatic heterocycles. The zero-order valence-corrected chi connectivity index (χ0v) is 12.0. The fraction of sp³-hybridized carbons (Fsp3) is 0. The van der Waals surface area contributed by atoms with Gasteiger partial charge in [-0.25, -0.2) is 15.0 Å². The molecule has 4 rings (SSSR count). The first-order chi connectivity index (χ1) is 11.3. The number of benzene rings is 1. The monoisotopic (exact) mass is 307 g/mol. The van der Waals surface area contributed by atoms with E-state index >= 15 is 0 Å². The van der Waals surface area contributed by atoms with Crippen molar-refractivity contribution >= 4 is 5.78 Å². The Kier molecular flexibility index (Phi) is 4.10. The average molecular weight is 307 g/mol. The molecule has 7 heteroatoms. The number of fused-ring (bicyclic) bond motifs is 1. The SMILES string of the molecule is O=c1[nH]c2nccn2c(O)c1-c1ccccc1.c1cncnc1. The van der Waals surface area contributed by atoms with E-state index in [1.54, 1.807) is 36.8 Å². The van der Waals surface area contributed by atoms with Crippen LogP contribution in [0, 0.1) is 0 Å². The van der Waals surface area contributed by atoms with Gasteiger partial charge >= 0.3 is 0 Å². The number of rotatable bonds is 1. The first kappa shape index (κ1) is 14.5. The van der Waals surface area contributed by atoms with E-state index in [4.69, 9.17) is 0 Å². The Labute approximate surface area is 131 Å². The molecule has 114 valence electrons. The Morgan fingerprint density at radius 2 is 1.74 bits per heavy atom. The highest BCUT2D eigenvalue weighted by Gasteiger charge is 2.13. The fourth-order valence-electron chi connectivity index (χ4n) is 2.07. The van der Waals surface area contributed by atoms with E-state index in [0.29, 0.717) is 11.3 Å². The minimum absolute atomic E-state index is 0.104. The van der Waals surface area contributed by atoms with Crippen LogP contribution in [0.4, 0.5) is 0 Å². The van der Waals surface area contributed by atoms with Crippen molar-refractivity contribution in [3.05, 3.63) is 77.9 Å². The summed E-state index contributed by atoms with van der Waals surface area (Å²) in [5.74, 6) is 0.222. The van der Waals surface area contributed by atoms with Crippen LogP contribution in [0.3, 0.4) is 0 Å². The van der Waals surface area contributed by atoms with E-state index in [9.17, 15) is 9.90 Å². The summed E-state index contributed by atoms with van der Waals surface area (Å²) in [5.41, 5.74) is 0.561. The average Bonchev–Trinajstić information content (AvgIpc) is 3.07. The molecule has 0 bridgehead atoms. The molecule has 0 saturated heterocycles. The Balaban J connectivity index is 0.000000220. The first-order valence-electron chi connectivity index (χ1n) is 6.81. The summed E-state index contributed by atoms with van der Waals surface area (Å²) in [4.78, 5) is 25.8. The van der Waals surface area contributed by atoms with Crippen LogP contribution in [-0.4, -0.2) is 29.4 Å². The Hall–Kier alpha value is -3.48. The Morgan fingerprint density at radius 1 is 1.00 bits per heavy atom. The molecule has 3 aromatic heterocycles. The molecule has 23 heavy (non-hydrogen) atoms. The molecule has 0 atom stereocenters. The summed E-state index contributed by atoms with van der Waals surface area (Å²) >= 11 is 0. The summed E-state index contributed by atoms with van der Waals surface area (Å²) in [6, 6.07) is 10.8. The second-order valence-corrected chi connectivity index (χ2v) is 4.54. The molecule has 0 fully saturated rings. The van der Waals surface area contributed by atoms with Crippen molar-refractivity contribution in [3.8, 4) is 17.0 Å². The van der Waals surface area contributed by atoms with Crippen molar-refractivity contribution in [2.75, 3.05) is 0 Å². The number of aromatic hydroxyl groups is 1. The van der Waals surface area contributed by atoms with Gasteiger partial charge in [0, 0.05) is 24.8 Å². The predicted molar refractivity (Wildman–Crippen MR) is 84.9 cm³/mol. The van der Waals surface area contributed by atoms with Gasteiger partial charge in [0.1, 0.15) is 11.9 Å². The lowest BCUT2D eigenvalue weighted by atomic mass is 10.1.